The minimum absolute atomic E-state index is 0. The van der Waals surface area contributed by atoms with Gasteiger partial charge in [-0.3, -0.25) is 0 Å². The molecule has 200 valence electrons. The van der Waals surface area contributed by atoms with Gasteiger partial charge in [0, 0.05) is 0 Å². The monoisotopic (exact) mass is 717 g/mol. The van der Waals surface area contributed by atoms with Crippen LogP contribution in [0.25, 0.3) is 0 Å². The normalized spacial score (nSPS) is 10.4. The summed E-state index contributed by atoms with van der Waals surface area (Å²) in [6.45, 7) is 10.7. The fourth-order valence-corrected chi connectivity index (χ4v) is 8.59. The molecule has 0 N–H and O–H groups in total. The van der Waals surface area contributed by atoms with Crippen molar-refractivity contribution >= 4 is 37.1 Å². The summed E-state index contributed by atoms with van der Waals surface area (Å²) < 4.78 is 0. The number of allylic oxidation sites excluding steroid dienone is 4. The fraction of sp³-hybridized carbons (Fsp3) is 0.143. The standard InChI is InChI=1S/C27H26P2.2C4H7.Pt/c1-5-14-24(15-6-1)28(25-16-7-2-8-17-25)22-13-23-29(26-18-9-3-10-19-26)27-20-11-4-12-21-27;2*1-3-4-2;/h1-12,14-21H,13,22-23H2;2*3-4H,1H2,2H3;/q;2*-1;+2/b;4-3+;4-3-;. The third-order valence-electron chi connectivity index (χ3n) is 5.51. The summed E-state index contributed by atoms with van der Waals surface area (Å²) in [6, 6.07) is 44.3. The third kappa shape index (κ3) is 12.5. The summed E-state index contributed by atoms with van der Waals surface area (Å²) in [5, 5.41) is 5.94. The largest absolute Gasteiger partial charge is 2.00 e. The van der Waals surface area contributed by atoms with Crippen LogP contribution in [0.1, 0.15) is 20.3 Å². The minimum Gasteiger partial charge on any atom is -0.245 e. The fourth-order valence-electron chi connectivity index (χ4n) is 3.63. The Morgan fingerprint density at radius 3 is 0.868 bits per heavy atom. The van der Waals surface area contributed by atoms with Crippen molar-refractivity contribution in [3.63, 3.8) is 0 Å². The maximum atomic E-state index is 3.42. The molecule has 0 aliphatic carbocycles. The van der Waals surface area contributed by atoms with E-state index in [1.165, 1.54) is 40.0 Å². The van der Waals surface area contributed by atoms with E-state index in [-0.39, 0.29) is 36.9 Å². The van der Waals surface area contributed by atoms with Crippen molar-refractivity contribution in [2.45, 2.75) is 20.3 Å². The third-order valence-corrected chi connectivity index (χ3v) is 10.7. The van der Waals surface area contributed by atoms with E-state index in [0.29, 0.717) is 0 Å². The summed E-state index contributed by atoms with van der Waals surface area (Å²) in [5.74, 6) is 0. The molecular weight excluding hydrogens is 677 g/mol. The minimum atomic E-state index is -0.309. The number of rotatable bonds is 8. The van der Waals surface area contributed by atoms with Crippen LogP contribution in [0.15, 0.2) is 146 Å². The smallest absolute Gasteiger partial charge is 0.245 e. The van der Waals surface area contributed by atoms with E-state index in [1.54, 1.807) is 12.2 Å². The van der Waals surface area contributed by atoms with Gasteiger partial charge in [-0.05, 0) is 55.8 Å². The first-order chi connectivity index (χ1) is 18.2. The summed E-state index contributed by atoms with van der Waals surface area (Å²) >= 11 is 0. The molecule has 3 heteroatoms. The van der Waals surface area contributed by atoms with Crippen molar-refractivity contribution in [2.24, 2.45) is 0 Å². The predicted octanol–water partition coefficient (Wildman–Crippen LogP) is 8.43. The average Bonchev–Trinajstić information content (AvgIpc) is 2.99. The van der Waals surface area contributed by atoms with Crippen molar-refractivity contribution in [1.82, 2.24) is 0 Å². The van der Waals surface area contributed by atoms with Gasteiger partial charge in [0.1, 0.15) is 0 Å². The van der Waals surface area contributed by atoms with E-state index in [4.69, 9.17) is 0 Å². The summed E-state index contributed by atoms with van der Waals surface area (Å²) in [6.07, 6.45) is 11.0. The van der Waals surface area contributed by atoms with E-state index in [2.05, 4.69) is 135 Å². The van der Waals surface area contributed by atoms with Gasteiger partial charge in [-0.15, -0.1) is 13.8 Å². The molecule has 0 aliphatic heterocycles. The molecule has 0 nitrogen and oxygen atoms in total. The summed E-state index contributed by atoms with van der Waals surface area (Å²) in [5.41, 5.74) is 0. The zero-order chi connectivity index (χ0) is 26.6. The van der Waals surface area contributed by atoms with Crippen LogP contribution < -0.4 is 21.2 Å². The summed E-state index contributed by atoms with van der Waals surface area (Å²) in [7, 11) is -0.618. The Balaban J connectivity index is 0.000000709. The Kier molecular flexibility index (Phi) is 19.1. The van der Waals surface area contributed by atoms with E-state index >= 15 is 0 Å². The molecule has 0 atom stereocenters. The van der Waals surface area contributed by atoms with Crippen LogP contribution in [0.2, 0.25) is 0 Å². The van der Waals surface area contributed by atoms with E-state index in [9.17, 15) is 0 Å². The molecule has 0 spiro atoms. The van der Waals surface area contributed by atoms with Gasteiger partial charge >= 0.3 is 21.1 Å². The molecule has 0 radical (unpaired) electrons. The van der Waals surface area contributed by atoms with Crippen molar-refractivity contribution < 1.29 is 21.1 Å². The van der Waals surface area contributed by atoms with Crippen LogP contribution in [0, 0.1) is 13.8 Å². The molecule has 0 saturated carbocycles. The molecule has 0 bridgehead atoms. The van der Waals surface area contributed by atoms with Crippen LogP contribution in [0.4, 0.5) is 0 Å². The molecule has 0 unspecified atom stereocenters. The van der Waals surface area contributed by atoms with Crippen LogP contribution in [0.3, 0.4) is 0 Å². The van der Waals surface area contributed by atoms with Gasteiger partial charge in [-0.2, -0.15) is 0 Å². The van der Waals surface area contributed by atoms with Crippen molar-refractivity contribution in [3.8, 4) is 0 Å². The second kappa shape index (κ2) is 21.6. The van der Waals surface area contributed by atoms with E-state index < -0.39 is 0 Å². The molecule has 4 aromatic rings. The van der Waals surface area contributed by atoms with E-state index in [0.717, 1.165) is 0 Å². The Morgan fingerprint density at radius 2 is 0.684 bits per heavy atom. The predicted molar refractivity (Wildman–Crippen MR) is 173 cm³/mol. The van der Waals surface area contributed by atoms with Crippen LogP contribution in [-0.2, 0) is 21.1 Å². The first kappa shape index (κ1) is 33.7. The number of benzene rings is 4. The molecule has 0 aliphatic rings. The van der Waals surface area contributed by atoms with E-state index in [1.807, 2.05) is 26.0 Å². The molecule has 4 aromatic carbocycles. The quantitative estimate of drug-likeness (QED) is 0.127. The molecule has 0 saturated heterocycles. The molecular formula is C35H40P2Pt. The Morgan fingerprint density at radius 1 is 0.474 bits per heavy atom. The first-order valence-electron chi connectivity index (χ1n) is 12.8. The first-order valence-corrected chi connectivity index (χ1v) is 15.9. The van der Waals surface area contributed by atoms with Crippen LogP contribution in [-0.4, -0.2) is 12.3 Å². The molecule has 0 heterocycles. The van der Waals surface area contributed by atoms with Crippen molar-refractivity contribution in [2.75, 3.05) is 12.3 Å². The van der Waals surface area contributed by atoms with Gasteiger partial charge in [-0.1, -0.05) is 121 Å². The van der Waals surface area contributed by atoms with Crippen molar-refractivity contribution in [3.05, 3.63) is 159 Å². The second-order valence-electron chi connectivity index (χ2n) is 8.14. The second-order valence-corrected chi connectivity index (χ2v) is 12.8. The van der Waals surface area contributed by atoms with Gasteiger partial charge < -0.3 is 0 Å². The Labute approximate surface area is 249 Å². The maximum Gasteiger partial charge on any atom is 2.00 e. The molecule has 0 fully saturated rings. The topological polar surface area (TPSA) is 0 Å². The molecule has 4 rings (SSSR count). The molecule has 38 heavy (non-hydrogen) atoms. The van der Waals surface area contributed by atoms with Gasteiger partial charge in [0.2, 0.25) is 0 Å². The maximum absolute atomic E-state index is 3.42. The molecule has 0 amide bonds. The van der Waals surface area contributed by atoms with Crippen LogP contribution >= 0.6 is 15.8 Å². The number of hydrogen-bond acceptors (Lipinski definition) is 0. The van der Waals surface area contributed by atoms with Gasteiger partial charge in [0.15, 0.2) is 0 Å². The number of hydrogen-bond donors (Lipinski definition) is 0. The summed E-state index contributed by atoms with van der Waals surface area (Å²) in [4.78, 5) is 0. The molecule has 0 aromatic heterocycles. The zero-order valence-corrected chi connectivity index (χ0v) is 26.7. The van der Waals surface area contributed by atoms with Crippen LogP contribution in [0.5, 0.6) is 0 Å². The van der Waals surface area contributed by atoms with Gasteiger partial charge in [0.05, 0.1) is 0 Å². The Hall–Kier alpha value is -2.35. The average molecular weight is 718 g/mol. The van der Waals surface area contributed by atoms with Gasteiger partial charge in [0.25, 0.3) is 0 Å². The Bertz CT molecular complexity index is 948. The van der Waals surface area contributed by atoms with Crippen molar-refractivity contribution in [1.29, 1.82) is 0 Å². The van der Waals surface area contributed by atoms with Gasteiger partial charge in [-0.25, -0.2) is 38.2 Å². The zero-order valence-electron chi connectivity index (χ0n) is 22.6. The SMILES string of the molecule is [CH2-]/C=C/C.[CH2-]/C=C\C.[Pt+2].c1ccc(P(CCCP(c2ccccc2)c2ccccc2)c2ccccc2)cc1.